The first-order chi connectivity index (χ1) is 10.4. The van der Waals surface area contributed by atoms with E-state index >= 15 is 0 Å². The number of rotatable bonds is 3. The van der Waals surface area contributed by atoms with E-state index in [9.17, 15) is 12.8 Å². The molecule has 0 aliphatic rings. The number of nitrogens with zero attached hydrogens (tertiary/aromatic N) is 2. The second-order valence-electron chi connectivity index (χ2n) is 4.90. The molecule has 0 saturated heterocycles. The van der Waals surface area contributed by atoms with Gasteiger partial charge in [-0.15, -0.1) is 0 Å². The van der Waals surface area contributed by atoms with Gasteiger partial charge in [-0.05, 0) is 54.6 Å². The third-order valence-corrected chi connectivity index (χ3v) is 4.42. The summed E-state index contributed by atoms with van der Waals surface area (Å²) < 4.78 is 37.7. The lowest BCUT2D eigenvalue weighted by molar-refractivity contribution is 0.602. The predicted octanol–water partition coefficient (Wildman–Crippen LogP) is 3.08. The molecule has 2 aromatic carbocycles. The van der Waals surface area contributed by atoms with Gasteiger partial charge in [-0.2, -0.15) is 5.10 Å². The molecule has 3 rings (SSSR count). The summed E-state index contributed by atoms with van der Waals surface area (Å²) >= 11 is 0. The fraction of sp³-hybridized carbons (Fsp3) is 0.0625. The number of sulfone groups is 1. The predicted molar refractivity (Wildman–Crippen MR) is 82.1 cm³/mol. The van der Waals surface area contributed by atoms with Crippen LogP contribution in [0.1, 0.15) is 0 Å². The summed E-state index contributed by atoms with van der Waals surface area (Å²) in [7, 11) is -3.23. The Hall–Kier alpha value is -2.47. The van der Waals surface area contributed by atoms with Gasteiger partial charge in [0.2, 0.25) is 0 Å². The second kappa shape index (κ2) is 5.38. The normalized spacial score (nSPS) is 11.5. The Balaban J connectivity index is 2.03. The lowest BCUT2D eigenvalue weighted by Crippen LogP contribution is -2.01. The van der Waals surface area contributed by atoms with E-state index in [1.165, 1.54) is 18.4 Å². The van der Waals surface area contributed by atoms with E-state index < -0.39 is 9.84 Å². The van der Waals surface area contributed by atoms with Crippen LogP contribution in [0.5, 0.6) is 0 Å². The van der Waals surface area contributed by atoms with Crippen LogP contribution in [0.25, 0.3) is 16.9 Å². The maximum atomic E-state index is 13.0. The number of benzene rings is 2. The first kappa shape index (κ1) is 14.5. The Bertz CT molecular complexity index is 898. The number of aromatic nitrogens is 2. The zero-order valence-electron chi connectivity index (χ0n) is 11.8. The Labute approximate surface area is 127 Å². The minimum atomic E-state index is -3.23. The van der Waals surface area contributed by atoms with Gasteiger partial charge in [0.05, 0.1) is 22.5 Å². The highest BCUT2D eigenvalue weighted by molar-refractivity contribution is 7.90. The molecule has 22 heavy (non-hydrogen) atoms. The average Bonchev–Trinajstić information content (AvgIpc) is 2.97. The van der Waals surface area contributed by atoms with Crippen molar-refractivity contribution in [2.45, 2.75) is 4.90 Å². The number of halogens is 1. The van der Waals surface area contributed by atoms with Crippen LogP contribution in [-0.4, -0.2) is 24.5 Å². The van der Waals surface area contributed by atoms with Crippen LogP contribution in [0, 0.1) is 5.82 Å². The molecule has 0 saturated carbocycles. The monoisotopic (exact) mass is 316 g/mol. The van der Waals surface area contributed by atoms with E-state index in [1.54, 1.807) is 47.3 Å². The van der Waals surface area contributed by atoms with Crippen LogP contribution >= 0.6 is 0 Å². The first-order valence-electron chi connectivity index (χ1n) is 6.55. The third-order valence-electron chi connectivity index (χ3n) is 3.29. The summed E-state index contributed by atoms with van der Waals surface area (Å²) in [4.78, 5) is 0.256. The van der Waals surface area contributed by atoms with Crippen molar-refractivity contribution >= 4 is 9.84 Å². The van der Waals surface area contributed by atoms with Gasteiger partial charge < -0.3 is 0 Å². The molecule has 4 nitrogen and oxygen atoms in total. The van der Waals surface area contributed by atoms with Gasteiger partial charge in [0.25, 0.3) is 0 Å². The fourth-order valence-electron chi connectivity index (χ4n) is 2.18. The Kier molecular flexibility index (Phi) is 3.54. The molecular weight excluding hydrogens is 303 g/mol. The molecule has 0 spiro atoms. The molecule has 0 atom stereocenters. The molecule has 1 heterocycles. The van der Waals surface area contributed by atoms with E-state index in [0.29, 0.717) is 0 Å². The maximum absolute atomic E-state index is 13.0. The SMILES string of the molecule is CS(=O)(=O)c1ccc(-n2nccc2-c2ccc(F)cc2)cc1. The van der Waals surface area contributed by atoms with Crippen LogP contribution in [0.15, 0.2) is 65.7 Å². The molecule has 0 N–H and O–H groups in total. The van der Waals surface area contributed by atoms with Crippen molar-refractivity contribution in [1.29, 1.82) is 0 Å². The zero-order valence-corrected chi connectivity index (χ0v) is 12.6. The van der Waals surface area contributed by atoms with Crippen molar-refractivity contribution in [1.82, 2.24) is 9.78 Å². The topological polar surface area (TPSA) is 52.0 Å². The van der Waals surface area contributed by atoms with E-state index in [4.69, 9.17) is 0 Å². The molecule has 0 aliphatic heterocycles. The standard InChI is InChI=1S/C16H13FN2O2S/c1-22(20,21)15-8-6-14(7-9-15)19-16(10-11-18-19)12-2-4-13(17)5-3-12/h2-11H,1H3. The Morgan fingerprint density at radius 2 is 1.59 bits per heavy atom. The Morgan fingerprint density at radius 1 is 0.955 bits per heavy atom. The van der Waals surface area contributed by atoms with Crippen molar-refractivity contribution in [3.8, 4) is 16.9 Å². The molecule has 6 heteroatoms. The lowest BCUT2D eigenvalue weighted by Gasteiger charge is -2.08. The van der Waals surface area contributed by atoms with E-state index in [-0.39, 0.29) is 10.7 Å². The van der Waals surface area contributed by atoms with Crippen molar-refractivity contribution in [3.05, 3.63) is 66.6 Å². The van der Waals surface area contributed by atoms with Gasteiger partial charge in [-0.3, -0.25) is 0 Å². The van der Waals surface area contributed by atoms with E-state index in [1.807, 2.05) is 6.07 Å². The molecule has 0 aliphatic carbocycles. The maximum Gasteiger partial charge on any atom is 0.175 e. The van der Waals surface area contributed by atoms with Crippen LogP contribution in [0.2, 0.25) is 0 Å². The quantitative estimate of drug-likeness (QED) is 0.746. The largest absolute Gasteiger partial charge is 0.233 e. The number of hydrogen-bond acceptors (Lipinski definition) is 3. The van der Waals surface area contributed by atoms with Gasteiger partial charge in [0.1, 0.15) is 5.82 Å². The molecule has 0 unspecified atom stereocenters. The van der Waals surface area contributed by atoms with Crippen molar-refractivity contribution < 1.29 is 12.8 Å². The molecule has 0 radical (unpaired) electrons. The van der Waals surface area contributed by atoms with Gasteiger partial charge in [0, 0.05) is 11.8 Å². The third kappa shape index (κ3) is 2.78. The van der Waals surface area contributed by atoms with Gasteiger partial charge >= 0.3 is 0 Å². The minimum absolute atomic E-state index is 0.256. The van der Waals surface area contributed by atoms with Crippen LogP contribution in [0.3, 0.4) is 0 Å². The molecule has 0 bridgehead atoms. The molecular formula is C16H13FN2O2S. The fourth-order valence-corrected chi connectivity index (χ4v) is 2.81. The highest BCUT2D eigenvalue weighted by Gasteiger charge is 2.10. The van der Waals surface area contributed by atoms with Crippen molar-refractivity contribution in [2.75, 3.05) is 6.26 Å². The van der Waals surface area contributed by atoms with Gasteiger partial charge in [-0.25, -0.2) is 17.5 Å². The zero-order chi connectivity index (χ0) is 15.7. The summed E-state index contributed by atoms with van der Waals surface area (Å²) in [6, 6.07) is 14.4. The summed E-state index contributed by atoms with van der Waals surface area (Å²) in [6.07, 6.45) is 2.81. The van der Waals surface area contributed by atoms with Crippen LogP contribution < -0.4 is 0 Å². The average molecular weight is 316 g/mol. The second-order valence-corrected chi connectivity index (χ2v) is 6.92. The highest BCUT2D eigenvalue weighted by atomic mass is 32.2. The lowest BCUT2D eigenvalue weighted by atomic mass is 10.1. The van der Waals surface area contributed by atoms with E-state index in [0.717, 1.165) is 16.9 Å². The summed E-state index contributed by atoms with van der Waals surface area (Å²) in [5, 5.41) is 4.25. The summed E-state index contributed by atoms with van der Waals surface area (Å²) in [5.41, 5.74) is 2.36. The van der Waals surface area contributed by atoms with Gasteiger partial charge in [0.15, 0.2) is 9.84 Å². The van der Waals surface area contributed by atoms with Crippen molar-refractivity contribution in [3.63, 3.8) is 0 Å². The minimum Gasteiger partial charge on any atom is -0.233 e. The summed E-state index contributed by atoms with van der Waals surface area (Å²) in [6.45, 7) is 0. The highest BCUT2D eigenvalue weighted by Crippen LogP contribution is 2.23. The molecule has 112 valence electrons. The molecule has 1 aromatic heterocycles. The van der Waals surface area contributed by atoms with Gasteiger partial charge in [-0.1, -0.05) is 0 Å². The molecule has 3 aromatic rings. The molecule has 0 fully saturated rings. The van der Waals surface area contributed by atoms with E-state index in [2.05, 4.69) is 5.10 Å². The van der Waals surface area contributed by atoms with Crippen LogP contribution in [-0.2, 0) is 9.84 Å². The molecule has 0 amide bonds. The smallest absolute Gasteiger partial charge is 0.175 e. The Morgan fingerprint density at radius 3 is 2.18 bits per heavy atom. The number of hydrogen-bond donors (Lipinski definition) is 0. The van der Waals surface area contributed by atoms with Crippen LogP contribution in [0.4, 0.5) is 4.39 Å². The first-order valence-corrected chi connectivity index (χ1v) is 8.45. The van der Waals surface area contributed by atoms with Crippen molar-refractivity contribution in [2.24, 2.45) is 0 Å². The summed E-state index contributed by atoms with van der Waals surface area (Å²) in [5.74, 6) is -0.299.